The summed E-state index contributed by atoms with van der Waals surface area (Å²) in [6, 6.07) is 5.55. The number of rotatable bonds is 7. The second-order valence-corrected chi connectivity index (χ2v) is 7.06. The molecule has 1 atom stereocenters. The largest absolute Gasteiger partial charge is 0.381 e. The maximum atomic E-state index is 12.1. The molecule has 1 aromatic carbocycles. The number of amides is 2. The molecule has 1 aliphatic rings. The number of halogens is 1. The molecule has 0 spiro atoms. The summed E-state index contributed by atoms with van der Waals surface area (Å²) in [6.07, 6.45) is 2.29. The molecule has 5 N–H and O–H groups in total. The van der Waals surface area contributed by atoms with E-state index in [1.165, 1.54) is 0 Å². The summed E-state index contributed by atoms with van der Waals surface area (Å²) in [5.74, 6) is -0.579. The van der Waals surface area contributed by atoms with Gasteiger partial charge in [-0.3, -0.25) is 9.59 Å². The average Bonchev–Trinajstić information content (AvgIpc) is 3.30. The number of carbonyl (C=O) groups is 2. The van der Waals surface area contributed by atoms with Gasteiger partial charge in [0.25, 0.3) is 0 Å². The Kier molecular flexibility index (Phi) is 6.01. The summed E-state index contributed by atoms with van der Waals surface area (Å²) in [4.78, 5) is 23.8. The average molecular weight is 383 g/mol. The highest BCUT2D eigenvalue weighted by atomic mass is 79.9. The Morgan fingerprint density at radius 3 is 2.61 bits per heavy atom. The van der Waals surface area contributed by atoms with E-state index in [1.807, 2.05) is 32.0 Å². The van der Waals surface area contributed by atoms with Crippen LogP contribution < -0.4 is 21.7 Å². The predicted molar refractivity (Wildman–Crippen MR) is 95.2 cm³/mol. The molecule has 1 saturated carbocycles. The minimum Gasteiger partial charge on any atom is -0.381 e. The molecule has 0 unspecified atom stereocenters. The fourth-order valence-electron chi connectivity index (χ4n) is 1.98. The second kappa shape index (κ2) is 7.79. The van der Waals surface area contributed by atoms with Crippen LogP contribution in [0.2, 0.25) is 0 Å². The van der Waals surface area contributed by atoms with Crippen molar-refractivity contribution in [1.29, 1.82) is 0 Å². The standard InChI is InChI=1S/C16H23BrN4O2/c1-9(2)15(18)16(23)19-8-14(22)21-13-7-10(17)3-6-12(13)20-11-4-5-11/h3,6-7,9,11,15,20H,4-5,8,18H2,1-2H3,(H,19,23)(H,21,22)/t15-/m0/s1. The van der Waals surface area contributed by atoms with Crippen molar-refractivity contribution in [2.45, 2.75) is 38.8 Å². The zero-order chi connectivity index (χ0) is 17.0. The molecule has 2 rings (SSSR count). The van der Waals surface area contributed by atoms with Gasteiger partial charge in [-0.25, -0.2) is 0 Å². The molecule has 0 heterocycles. The van der Waals surface area contributed by atoms with Crippen LogP contribution in [0.25, 0.3) is 0 Å². The Morgan fingerprint density at radius 1 is 1.30 bits per heavy atom. The molecule has 1 fully saturated rings. The van der Waals surface area contributed by atoms with Gasteiger partial charge in [0.1, 0.15) is 0 Å². The Hall–Kier alpha value is -1.60. The van der Waals surface area contributed by atoms with E-state index in [0.717, 1.165) is 23.0 Å². The van der Waals surface area contributed by atoms with E-state index in [2.05, 4.69) is 31.9 Å². The minimum absolute atomic E-state index is 0.0254. The zero-order valence-corrected chi connectivity index (χ0v) is 14.9. The first kappa shape index (κ1) is 17.7. The van der Waals surface area contributed by atoms with E-state index >= 15 is 0 Å². The van der Waals surface area contributed by atoms with E-state index in [1.54, 1.807) is 0 Å². The van der Waals surface area contributed by atoms with Crippen molar-refractivity contribution in [3.05, 3.63) is 22.7 Å². The Bertz CT molecular complexity index is 587. The number of anilines is 2. The number of hydrogen-bond acceptors (Lipinski definition) is 4. The topological polar surface area (TPSA) is 96.2 Å². The van der Waals surface area contributed by atoms with Crippen LogP contribution in [0.1, 0.15) is 26.7 Å². The van der Waals surface area contributed by atoms with Crippen LogP contribution in [0.4, 0.5) is 11.4 Å². The first-order valence-electron chi connectivity index (χ1n) is 7.76. The van der Waals surface area contributed by atoms with Crippen LogP contribution in [0.15, 0.2) is 22.7 Å². The second-order valence-electron chi connectivity index (χ2n) is 6.14. The van der Waals surface area contributed by atoms with Crippen LogP contribution in [-0.4, -0.2) is 30.4 Å². The Labute approximate surface area is 144 Å². The summed E-state index contributed by atoms with van der Waals surface area (Å²) in [5, 5.41) is 8.76. The van der Waals surface area contributed by atoms with Crippen molar-refractivity contribution in [3.8, 4) is 0 Å². The fraction of sp³-hybridized carbons (Fsp3) is 0.500. The van der Waals surface area contributed by atoms with Crippen LogP contribution in [-0.2, 0) is 9.59 Å². The normalized spacial score (nSPS) is 15.2. The lowest BCUT2D eigenvalue weighted by Crippen LogP contribution is -2.46. The summed E-state index contributed by atoms with van der Waals surface area (Å²) < 4.78 is 0.875. The van der Waals surface area contributed by atoms with Crippen LogP contribution in [0.3, 0.4) is 0 Å². The van der Waals surface area contributed by atoms with E-state index in [0.29, 0.717) is 11.7 Å². The molecule has 126 valence electrons. The Morgan fingerprint density at radius 2 is 2.00 bits per heavy atom. The summed E-state index contributed by atoms with van der Waals surface area (Å²) in [7, 11) is 0. The lowest BCUT2D eigenvalue weighted by atomic mass is 10.1. The number of carbonyl (C=O) groups excluding carboxylic acids is 2. The van der Waals surface area contributed by atoms with Crippen molar-refractivity contribution >= 4 is 39.1 Å². The molecular formula is C16H23BrN4O2. The van der Waals surface area contributed by atoms with Gasteiger partial charge in [0.05, 0.1) is 24.0 Å². The lowest BCUT2D eigenvalue weighted by Gasteiger charge is -2.16. The third-order valence-electron chi connectivity index (χ3n) is 3.64. The van der Waals surface area contributed by atoms with Crippen LogP contribution >= 0.6 is 15.9 Å². The summed E-state index contributed by atoms with van der Waals surface area (Å²) in [5.41, 5.74) is 7.32. The smallest absolute Gasteiger partial charge is 0.243 e. The van der Waals surface area contributed by atoms with E-state index < -0.39 is 6.04 Å². The van der Waals surface area contributed by atoms with Gasteiger partial charge in [0.15, 0.2) is 0 Å². The number of nitrogens with one attached hydrogen (secondary N) is 3. The molecule has 1 aliphatic carbocycles. The van der Waals surface area contributed by atoms with Gasteiger partial charge in [-0.2, -0.15) is 0 Å². The third-order valence-corrected chi connectivity index (χ3v) is 4.13. The first-order valence-corrected chi connectivity index (χ1v) is 8.55. The number of benzene rings is 1. The van der Waals surface area contributed by atoms with Gasteiger partial charge < -0.3 is 21.7 Å². The number of hydrogen-bond donors (Lipinski definition) is 4. The van der Waals surface area contributed by atoms with Crippen molar-refractivity contribution in [2.75, 3.05) is 17.2 Å². The molecule has 23 heavy (non-hydrogen) atoms. The van der Waals surface area contributed by atoms with Gasteiger partial charge in [0, 0.05) is 10.5 Å². The van der Waals surface area contributed by atoms with Crippen molar-refractivity contribution in [1.82, 2.24) is 5.32 Å². The molecule has 0 aliphatic heterocycles. The highest BCUT2D eigenvalue weighted by molar-refractivity contribution is 9.10. The quantitative estimate of drug-likeness (QED) is 0.580. The summed E-state index contributed by atoms with van der Waals surface area (Å²) >= 11 is 3.40. The maximum Gasteiger partial charge on any atom is 0.243 e. The monoisotopic (exact) mass is 382 g/mol. The van der Waals surface area contributed by atoms with Gasteiger partial charge in [-0.05, 0) is 37.0 Å². The first-order chi connectivity index (χ1) is 10.9. The van der Waals surface area contributed by atoms with Gasteiger partial charge >= 0.3 is 0 Å². The van der Waals surface area contributed by atoms with Crippen molar-refractivity contribution in [3.63, 3.8) is 0 Å². The van der Waals surface area contributed by atoms with Gasteiger partial charge in [0.2, 0.25) is 11.8 Å². The molecule has 0 radical (unpaired) electrons. The summed E-state index contributed by atoms with van der Waals surface area (Å²) in [6.45, 7) is 3.62. The predicted octanol–water partition coefficient (Wildman–Crippen LogP) is 2.06. The van der Waals surface area contributed by atoms with E-state index in [9.17, 15) is 9.59 Å². The van der Waals surface area contributed by atoms with Gasteiger partial charge in [-0.1, -0.05) is 29.8 Å². The highest BCUT2D eigenvalue weighted by Crippen LogP contribution is 2.31. The fourth-order valence-corrected chi connectivity index (χ4v) is 2.34. The van der Waals surface area contributed by atoms with Crippen LogP contribution in [0, 0.1) is 5.92 Å². The van der Waals surface area contributed by atoms with E-state index in [-0.39, 0.29) is 24.3 Å². The molecular weight excluding hydrogens is 360 g/mol. The van der Waals surface area contributed by atoms with Crippen molar-refractivity contribution in [2.24, 2.45) is 11.7 Å². The number of nitrogens with two attached hydrogens (primary N) is 1. The molecule has 6 nitrogen and oxygen atoms in total. The molecule has 2 amide bonds. The van der Waals surface area contributed by atoms with E-state index in [4.69, 9.17) is 5.73 Å². The molecule has 0 saturated heterocycles. The minimum atomic E-state index is -0.610. The molecule has 1 aromatic rings. The molecule has 7 heteroatoms. The Balaban J connectivity index is 1.91. The van der Waals surface area contributed by atoms with Crippen LogP contribution in [0.5, 0.6) is 0 Å². The zero-order valence-electron chi connectivity index (χ0n) is 13.4. The van der Waals surface area contributed by atoms with Gasteiger partial charge in [-0.15, -0.1) is 0 Å². The third kappa shape index (κ3) is 5.51. The maximum absolute atomic E-state index is 12.1. The molecule has 0 aromatic heterocycles. The molecule has 0 bridgehead atoms. The highest BCUT2D eigenvalue weighted by Gasteiger charge is 2.22. The van der Waals surface area contributed by atoms with Crippen molar-refractivity contribution < 1.29 is 9.59 Å². The SMILES string of the molecule is CC(C)[C@H](N)C(=O)NCC(=O)Nc1cc(Br)ccc1NC1CC1. The lowest BCUT2D eigenvalue weighted by molar-refractivity contribution is -0.125.